The maximum atomic E-state index is 9.74. The van der Waals surface area contributed by atoms with Crippen LogP contribution in [0.2, 0.25) is 0 Å². The quantitative estimate of drug-likeness (QED) is 0.810. The molecule has 0 unspecified atom stereocenters. The minimum absolute atomic E-state index is 0.475. The average molecular weight is 217 g/mol. The first kappa shape index (κ1) is 10.9. The van der Waals surface area contributed by atoms with E-state index >= 15 is 0 Å². The molecule has 2 aromatic rings. The molecule has 1 atom stereocenters. The van der Waals surface area contributed by atoms with Crippen molar-refractivity contribution in [1.82, 2.24) is 9.78 Å². The minimum atomic E-state index is -0.475. The van der Waals surface area contributed by atoms with Crippen molar-refractivity contribution in [3.63, 3.8) is 0 Å². The van der Waals surface area contributed by atoms with E-state index in [9.17, 15) is 5.11 Å². The van der Waals surface area contributed by atoms with Crippen LogP contribution >= 0.6 is 0 Å². The fourth-order valence-corrected chi connectivity index (χ4v) is 1.60. The Balaban J connectivity index is 2.16. The van der Waals surface area contributed by atoms with E-state index in [0.29, 0.717) is 13.0 Å². The van der Waals surface area contributed by atoms with Crippen LogP contribution < -0.4 is 5.73 Å². The zero-order chi connectivity index (χ0) is 11.4. The van der Waals surface area contributed by atoms with Gasteiger partial charge in [-0.3, -0.25) is 0 Å². The summed E-state index contributed by atoms with van der Waals surface area (Å²) >= 11 is 0. The van der Waals surface area contributed by atoms with E-state index in [4.69, 9.17) is 5.73 Å². The number of aliphatic hydroxyl groups is 1. The fourth-order valence-electron chi connectivity index (χ4n) is 1.60. The molecule has 1 aromatic heterocycles. The number of nitrogens with zero attached hydrogens (tertiary/aromatic N) is 2. The molecule has 0 saturated heterocycles. The number of hydrogen-bond acceptors (Lipinski definition) is 3. The SMILES string of the molecule is NCC[C@H](O)c1ccc(-n2cccn2)cc1. The molecule has 84 valence electrons. The molecule has 0 fully saturated rings. The topological polar surface area (TPSA) is 64.1 Å². The Kier molecular flexibility index (Phi) is 3.34. The molecule has 0 radical (unpaired) electrons. The molecule has 0 bridgehead atoms. The standard InChI is InChI=1S/C12H15N3O/c13-7-6-12(16)10-2-4-11(5-3-10)15-9-1-8-14-15/h1-5,8-9,12,16H,6-7,13H2/t12-/m0/s1. The van der Waals surface area contributed by atoms with Crippen LogP contribution in [0.5, 0.6) is 0 Å². The van der Waals surface area contributed by atoms with Crippen LogP contribution in [0, 0.1) is 0 Å². The van der Waals surface area contributed by atoms with Crippen molar-refractivity contribution >= 4 is 0 Å². The summed E-state index contributed by atoms with van der Waals surface area (Å²) in [6, 6.07) is 9.54. The van der Waals surface area contributed by atoms with Gasteiger partial charge in [-0.25, -0.2) is 4.68 Å². The molecular weight excluding hydrogens is 202 g/mol. The van der Waals surface area contributed by atoms with E-state index in [1.807, 2.05) is 36.5 Å². The van der Waals surface area contributed by atoms with Crippen molar-refractivity contribution in [2.75, 3.05) is 6.54 Å². The van der Waals surface area contributed by atoms with Gasteiger partial charge < -0.3 is 10.8 Å². The predicted octanol–water partition coefficient (Wildman–Crippen LogP) is 1.25. The average Bonchev–Trinajstić information content (AvgIpc) is 2.83. The number of hydrogen-bond donors (Lipinski definition) is 2. The van der Waals surface area contributed by atoms with Crippen molar-refractivity contribution in [3.05, 3.63) is 48.3 Å². The van der Waals surface area contributed by atoms with Gasteiger partial charge in [-0.15, -0.1) is 0 Å². The number of rotatable bonds is 4. The first-order valence-corrected chi connectivity index (χ1v) is 5.29. The third-order valence-corrected chi connectivity index (χ3v) is 2.49. The highest BCUT2D eigenvalue weighted by atomic mass is 16.3. The smallest absolute Gasteiger partial charge is 0.0802 e. The van der Waals surface area contributed by atoms with E-state index in [0.717, 1.165) is 11.3 Å². The predicted molar refractivity (Wildman–Crippen MR) is 62.2 cm³/mol. The van der Waals surface area contributed by atoms with Crippen molar-refractivity contribution in [2.45, 2.75) is 12.5 Å². The minimum Gasteiger partial charge on any atom is -0.388 e. The summed E-state index contributed by atoms with van der Waals surface area (Å²) in [4.78, 5) is 0. The molecule has 4 heteroatoms. The van der Waals surface area contributed by atoms with Gasteiger partial charge in [0.25, 0.3) is 0 Å². The Morgan fingerprint density at radius 2 is 2.06 bits per heavy atom. The maximum Gasteiger partial charge on any atom is 0.0802 e. The van der Waals surface area contributed by atoms with E-state index < -0.39 is 6.10 Å². The molecule has 0 spiro atoms. The molecule has 0 aliphatic rings. The van der Waals surface area contributed by atoms with Crippen LogP contribution in [0.1, 0.15) is 18.1 Å². The second-order valence-electron chi connectivity index (χ2n) is 3.64. The van der Waals surface area contributed by atoms with Gasteiger partial charge in [0.1, 0.15) is 0 Å². The molecule has 1 aromatic carbocycles. The lowest BCUT2D eigenvalue weighted by Gasteiger charge is -2.10. The number of aliphatic hydroxyl groups excluding tert-OH is 1. The Hall–Kier alpha value is -1.65. The molecule has 0 aliphatic carbocycles. The van der Waals surface area contributed by atoms with Gasteiger partial charge in [-0.05, 0) is 36.7 Å². The molecule has 1 heterocycles. The lowest BCUT2D eigenvalue weighted by atomic mass is 10.1. The molecule has 2 rings (SSSR count). The van der Waals surface area contributed by atoms with Crippen LogP contribution in [0.15, 0.2) is 42.7 Å². The second kappa shape index (κ2) is 4.92. The zero-order valence-electron chi connectivity index (χ0n) is 8.95. The highest BCUT2D eigenvalue weighted by Crippen LogP contribution is 2.17. The normalized spacial score (nSPS) is 12.6. The molecule has 0 saturated carbocycles. The molecule has 0 aliphatic heterocycles. The Labute approximate surface area is 94.3 Å². The summed E-state index contributed by atoms with van der Waals surface area (Å²) in [6.07, 6.45) is 3.72. The summed E-state index contributed by atoms with van der Waals surface area (Å²) in [5.74, 6) is 0. The first-order valence-electron chi connectivity index (χ1n) is 5.29. The Morgan fingerprint density at radius 1 is 1.31 bits per heavy atom. The monoisotopic (exact) mass is 217 g/mol. The third kappa shape index (κ3) is 2.29. The first-order chi connectivity index (χ1) is 7.81. The van der Waals surface area contributed by atoms with Gasteiger partial charge >= 0.3 is 0 Å². The number of aromatic nitrogens is 2. The van der Waals surface area contributed by atoms with Gasteiger partial charge in [-0.1, -0.05) is 12.1 Å². The van der Waals surface area contributed by atoms with E-state index in [2.05, 4.69) is 5.10 Å². The molecule has 0 amide bonds. The Morgan fingerprint density at radius 3 is 2.62 bits per heavy atom. The lowest BCUT2D eigenvalue weighted by Crippen LogP contribution is -2.06. The van der Waals surface area contributed by atoms with Crippen LogP contribution in [-0.4, -0.2) is 21.4 Å². The van der Waals surface area contributed by atoms with Crippen LogP contribution in [0.25, 0.3) is 5.69 Å². The summed E-state index contributed by atoms with van der Waals surface area (Å²) < 4.78 is 1.78. The summed E-state index contributed by atoms with van der Waals surface area (Å²) in [5.41, 5.74) is 7.27. The fraction of sp³-hybridized carbons (Fsp3) is 0.250. The van der Waals surface area contributed by atoms with Gasteiger partial charge in [0.05, 0.1) is 11.8 Å². The van der Waals surface area contributed by atoms with Gasteiger partial charge in [-0.2, -0.15) is 5.10 Å². The van der Waals surface area contributed by atoms with Crippen LogP contribution in [0.4, 0.5) is 0 Å². The molecule has 4 nitrogen and oxygen atoms in total. The largest absolute Gasteiger partial charge is 0.388 e. The summed E-state index contributed by atoms with van der Waals surface area (Å²) in [7, 11) is 0. The summed E-state index contributed by atoms with van der Waals surface area (Å²) in [6.45, 7) is 0.488. The van der Waals surface area contributed by atoms with Crippen molar-refractivity contribution in [3.8, 4) is 5.69 Å². The highest BCUT2D eigenvalue weighted by molar-refractivity contribution is 5.34. The second-order valence-corrected chi connectivity index (χ2v) is 3.64. The molecular formula is C12H15N3O. The van der Waals surface area contributed by atoms with E-state index in [1.165, 1.54) is 0 Å². The van der Waals surface area contributed by atoms with E-state index in [1.54, 1.807) is 10.9 Å². The van der Waals surface area contributed by atoms with Crippen LogP contribution in [-0.2, 0) is 0 Å². The number of nitrogens with two attached hydrogens (primary N) is 1. The molecule has 16 heavy (non-hydrogen) atoms. The van der Waals surface area contributed by atoms with Crippen molar-refractivity contribution in [2.24, 2.45) is 5.73 Å². The number of benzene rings is 1. The van der Waals surface area contributed by atoms with Gasteiger partial charge in [0.2, 0.25) is 0 Å². The van der Waals surface area contributed by atoms with Crippen molar-refractivity contribution < 1.29 is 5.11 Å². The molecule has 3 N–H and O–H groups in total. The summed E-state index contributed by atoms with van der Waals surface area (Å²) in [5, 5.41) is 13.9. The Bertz CT molecular complexity index is 422. The zero-order valence-corrected chi connectivity index (χ0v) is 8.95. The highest BCUT2D eigenvalue weighted by Gasteiger charge is 2.06. The maximum absolute atomic E-state index is 9.74. The van der Waals surface area contributed by atoms with Crippen LogP contribution in [0.3, 0.4) is 0 Å². The third-order valence-electron chi connectivity index (χ3n) is 2.49. The van der Waals surface area contributed by atoms with E-state index in [-0.39, 0.29) is 0 Å². The lowest BCUT2D eigenvalue weighted by molar-refractivity contribution is 0.170. The van der Waals surface area contributed by atoms with Gasteiger partial charge in [0.15, 0.2) is 0 Å². The van der Waals surface area contributed by atoms with Crippen molar-refractivity contribution in [1.29, 1.82) is 0 Å². The van der Waals surface area contributed by atoms with Gasteiger partial charge in [0, 0.05) is 12.4 Å².